The highest BCUT2D eigenvalue weighted by Crippen LogP contribution is 2.34. The lowest BCUT2D eigenvalue weighted by Gasteiger charge is -2.26. The Morgan fingerprint density at radius 1 is 1.37 bits per heavy atom. The standard InChI is InChI=1S/C14H20N4O/c1-3-7-14(8-4-9-15-14)13-16-10-5-6-11(19-2)17-12(10)18-13/h5-6,15H,3-4,7-9H2,1-2H3,(H,16,17,18). The lowest BCUT2D eigenvalue weighted by atomic mass is 9.91. The van der Waals surface area contributed by atoms with Gasteiger partial charge in [0.25, 0.3) is 0 Å². The topological polar surface area (TPSA) is 62.8 Å². The first-order chi connectivity index (χ1) is 9.27. The third-order valence-electron chi connectivity index (χ3n) is 3.90. The number of methoxy groups -OCH3 is 1. The number of nitrogens with one attached hydrogen (secondary N) is 2. The Morgan fingerprint density at radius 3 is 2.95 bits per heavy atom. The van der Waals surface area contributed by atoms with E-state index < -0.39 is 0 Å². The van der Waals surface area contributed by atoms with Crippen LogP contribution in [0.1, 0.15) is 38.4 Å². The minimum Gasteiger partial charge on any atom is -0.481 e. The van der Waals surface area contributed by atoms with E-state index in [1.54, 1.807) is 7.11 Å². The van der Waals surface area contributed by atoms with Gasteiger partial charge in [-0.15, -0.1) is 0 Å². The third-order valence-corrected chi connectivity index (χ3v) is 3.90. The maximum atomic E-state index is 5.15. The van der Waals surface area contributed by atoms with E-state index in [-0.39, 0.29) is 5.54 Å². The summed E-state index contributed by atoms with van der Waals surface area (Å²) in [4.78, 5) is 12.5. The largest absolute Gasteiger partial charge is 0.481 e. The molecule has 0 amide bonds. The normalized spacial score (nSPS) is 23.1. The van der Waals surface area contributed by atoms with E-state index in [4.69, 9.17) is 4.74 Å². The van der Waals surface area contributed by atoms with E-state index >= 15 is 0 Å². The summed E-state index contributed by atoms with van der Waals surface area (Å²) in [5.41, 5.74) is 1.71. The minimum absolute atomic E-state index is 0.00266. The molecule has 19 heavy (non-hydrogen) atoms. The van der Waals surface area contributed by atoms with Gasteiger partial charge in [-0.3, -0.25) is 0 Å². The van der Waals surface area contributed by atoms with Gasteiger partial charge in [-0.25, -0.2) is 4.98 Å². The van der Waals surface area contributed by atoms with Crippen molar-refractivity contribution in [1.82, 2.24) is 20.3 Å². The van der Waals surface area contributed by atoms with Crippen LogP contribution in [0, 0.1) is 0 Å². The van der Waals surface area contributed by atoms with Crippen molar-refractivity contribution >= 4 is 11.2 Å². The van der Waals surface area contributed by atoms with Gasteiger partial charge in [0.05, 0.1) is 18.2 Å². The van der Waals surface area contributed by atoms with Crippen molar-refractivity contribution in [3.63, 3.8) is 0 Å². The van der Waals surface area contributed by atoms with Crippen LogP contribution in [0.3, 0.4) is 0 Å². The number of ether oxygens (including phenoxy) is 1. The molecule has 2 aromatic heterocycles. The molecule has 0 aliphatic carbocycles. The van der Waals surface area contributed by atoms with Crippen LogP contribution >= 0.6 is 0 Å². The van der Waals surface area contributed by atoms with Crippen molar-refractivity contribution < 1.29 is 4.74 Å². The smallest absolute Gasteiger partial charge is 0.215 e. The van der Waals surface area contributed by atoms with E-state index in [0.29, 0.717) is 5.88 Å². The fourth-order valence-corrected chi connectivity index (χ4v) is 2.98. The summed E-state index contributed by atoms with van der Waals surface area (Å²) >= 11 is 0. The molecule has 1 unspecified atom stereocenters. The highest BCUT2D eigenvalue weighted by atomic mass is 16.5. The summed E-state index contributed by atoms with van der Waals surface area (Å²) in [6, 6.07) is 3.84. The molecule has 0 radical (unpaired) electrons. The van der Waals surface area contributed by atoms with Crippen LogP contribution < -0.4 is 10.1 Å². The van der Waals surface area contributed by atoms with Gasteiger partial charge in [0, 0.05) is 6.07 Å². The van der Waals surface area contributed by atoms with E-state index in [9.17, 15) is 0 Å². The van der Waals surface area contributed by atoms with E-state index in [0.717, 1.165) is 42.8 Å². The van der Waals surface area contributed by atoms with Crippen LogP contribution in [0.5, 0.6) is 5.88 Å². The Bertz CT molecular complexity index is 572. The summed E-state index contributed by atoms with van der Waals surface area (Å²) in [6.45, 7) is 3.28. The lowest BCUT2D eigenvalue weighted by Crippen LogP contribution is -2.37. The molecule has 0 saturated carbocycles. The number of aromatic nitrogens is 3. The van der Waals surface area contributed by atoms with Gasteiger partial charge in [0.2, 0.25) is 5.88 Å². The summed E-state index contributed by atoms with van der Waals surface area (Å²) in [7, 11) is 1.62. The van der Waals surface area contributed by atoms with Gasteiger partial charge < -0.3 is 15.0 Å². The zero-order chi connectivity index (χ0) is 13.3. The average molecular weight is 260 g/mol. The Labute approximate surface area is 112 Å². The van der Waals surface area contributed by atoms with Gasteiger partial charge >= 0.3 is 0 Å². The van der Waals surface area contributed by atoms with Gasteiger partial charge in [-0.05, 0) is 31.9 Å². The Kier molecular flexibility index (Phi) is 3.14. The molecule has 0 aromatic carbocycles. The minimum atomic E-state index is 0.00266. The van der Waals surface area contributed by atoms with Crippen molar-refractivity contribution in [1.29, 1.82) is 0 Å². The summed E-state index contributed by atoms with van der Waals surface area (Å²) in [5, 5.41) is 3.62. The number of H-pyrrole nitrogens is 1. The molecule has 2 N–H and O–H groups in total. The first-order valence-electron chi connectivity index (χ1n) is 6.94. The van der Waals surface area contributed by atoms with Gasteiger partial charge in [-0.1, -0.05) is 13.3 Å². The molecule has 1 aliphatic heterocycles. The van der Waals surface area contributed by atoms with Gasteiger partial charge in [0.15, 0.2) is 5.65 Å². The molecule has 3 heterocycles. The molecule has 102 valence electrons. The van der Waals surface area contributed by atoms with Crippen LogP contribution in [0.15, 0.2) is 12.1 Å². The zero-order valence-corrected chi connectivity index (χ0v) is 11.5. The second-order valence-corrected chi connectivity index (χ2v) is 5.17. The average Bonchev–Trinajstić information content (AvgIpc) is 3.05. The predicted molar refractivity (Wildman–Crippen MR) is 74.3 cm³/mol. The van der Waals surface area contributed by atoms with E-state index in [2.05, 4.69) is 27.2 Å². The molecular weight excluding hydrogens is 240 g/mol. The molecule has 1 atom stereocenters. The van der Waals surface area contributed by atoms with Crippen LogP contribution in [-0.4, -0.2) is 28.6 Å². The molecule has 5 nitrogen and oxygen atoms in total. The maximum Gasteiger partial charge on any atom is 0.215 e. The fraction of sp³-hybridized carbons (Fsp3) is 0.571. The predicted octanol–water partition coefficient (Wildman–Crippen LogP) is 2.35. The Balaban J connectivity index is 2.03. The molecule has 1 fully saturated rings. The highest BCUT2D eigenvalue weighted by Gasteiger charge is 2.37. The molecule has 3 rings (SSSR count). The second-order valence-electron chi connectivity index (χ2n) is 5.17. The highest BCUT2D eigenvalue weighted by molar-refractivity contribution is 5.71. The number of aromatic amines is 1. The van der Waals surface area contributed by atoms with Crippen molar-refractivity contribution in [2.45, 2.75) is 38.1 Å². The first kappa shape index (κ1) is 12.4. The van der Waals surface area contributed by atoms with Crippen LogP contribution in [0.4, 0.5) is 0 Å². The number of imidazole rings is 1. The molecule has 1 saturated heterocycles. The van der Waals surface area contributed by atoms with Crippen molar-refractivity contribution in [2.24, 2.45) is 0 Å². The van der Waals surface area contributed by atoms with Crippen LogP contribution in [-0.2, 0) is 5.54 Å². The molecule has 2 aromatic rings. The number of pyridine rings is 1. The van der Waals surface area contributed by atoms with Crippen molar-refractivity contribution in [3.05, 3.63) is 18.0 Å². The summed E-state index contributed by atoms with van der Waals surface area (Å²) in [6.07, 6.45) is 4.58. The van der Waals surface area contributed by atoms with Gasteiger partial charge in [0.1, 0.15) is 5.82 Å². The van der Waals surface area contributed by atoms with Gasteiger partial charge in [-0.2, -0.15) is 4.98 Å². The van der Waals surface area contributed by atoms with Crippen molar-refractivity contribution in [2.75, 3.05) is 13.7 Å². The number of fused-ring (bicyclic) bond motifs is 1. The van der Waals surface area contributed by atoms with Crippen LogP contribution in [0.2, 0.25) is 0 Å². The number of hydrogen-bond acceptors (Lipinski definition) is 4. The molecular formula is C14H20N4O. The molecule has 0 spiro atoms. The second kappa shape index (κ2) is 4.81. The monoisotopic (exact) mass is 260 g/mol. The SMILES string of the molecule is CCCC1(c2nc3nc(OC)ccc3[nH]2)CCCN1. The summed E-state index contributed by atoms with van der Waals surface area (Å²) in [5.74, 6) is 1.62. The lowest BCUT2D eigenvalue weighted by molar-refractivity contribution is 0.338. The zero-order valence-electron chi connectivity index (χ0n) is 11.5. The number of rotatable bonds is 4. The first-order valence-corrected chi connectivity index (χ1v) is 6.94. The van der Waals surface area contributed by atoms with E-state index in [1.165, 1.54) is 6.42 Å². The van der Waals surface area contributed by atoms with E-state index in [1.807, 2.05) is 12.1 Å². The summed E-state index contributed by atoms with van der Waals surface area (Å²) < 4.78 is 5.15. The molecule has 0 bridgehead atoms. The molecule has 5 heteroatoms. The maximum absolute atomic E-state index is 5.15. The number of nitrogens with zero attached hydrogens (tertiary/aromatic N) is 2. The molecule has 1 aliphatic rings. The third kappa shape index (κ3) is 2.08. The Morgan fingerprint density at radius 2 is 2.26 bits per heavy atom. The number of hydrogen-bond donors (Lipinski definition) is 2. The fourth-order valence-electron chi connectivity index (χ4n) is 2.98. The van der Waals surface area contributed by atoms with Crippen molar-refractivity contribution in [3.8, 4) is 5.88 Å². The van der Waals surface area contributed by atoms with Crippen LogP contribution in [0.25, 0.3) is 11.2 Å². The quantitative estimate of drug-likeness (QED) is 0.885. The Hall–Kier alpha value is -1.62.